The molecule has 1 rings (SSSR count). The number of rotatable bonds is 3. The van der Waals surface area contributed by atoms with E-state index >= 15 is 0 Å². The SMILES string of the molecule is CCCCC1(C)CCN1C(=S)OC(C)(C)C. The van der Waals surface area contributed by atoms with Crippen LogP contribution in [0.2, 0.25) is 0 Å². The van der Waals surface area contributed by atoms with Gasteiger partial charge in [-0.3, -0.25) is 0 Å². The summed E-state index contributed by atoms with van der Waals surface area (Å²) in [5.41, 5.74) is 0.0662. The van der Waals surface area contributed by atoms with Crippen LogP contribution in [0.4, 0.5) is 0 Å². The van der Waals surface area contributed by atoms with Crippen molar-refractivity contribution in [2.24, 2.45) is 0 Å². The van der Waals surface area contributed by atoms with Gasteiger partial charge in [-0.2, -0.15) is 0 Å². The summed E-state index contributed by atoms with van der Waals surface area (Å²) in [5, 5.41) is 0.678. The fourth-order valence-electron chi connectivity index (χ4n) is 2.05. The summed E-state index contributed by atoms with van der Waals surface area (Å²) in [6.45, 7) is 11.7. The Bertz CT molecular complexity index is 259. The quantitative estimate of drug-likeness (QED) is 0.701. The fourth-order valence-corrected chi connectivity index (χ4v) is 2.61. The van der Waals surface area contributed by atoms with Gasteiger partial charge in [0.25, 0.3) is 5.17 Å². The molecule has 0 bridgehead atoms. The van der Waals surface area contributed by atoms with E-state index in [9.17, 15) is 0 Å². The third-order valence-corrected chi connectivity index (χ3v) is 3.51. The molecule has 16 heavy (non-hydrogen) atoms. The molecular weight excluding hydrogens is 218 g/mol. The molecule has 0 amide bonds. The lowest BCUT2D eigenvalue weighted by Crippen LogP contribution is -2.61. The Morgan fingerprint density at radius 1 is 1.44 bits per heavy atom. The van der Waals surface area contributed by atoms with Crippen molar-refractivity contribution in [1.82, 2.24) is 4.90 Å². The van der Waals surface area contributed by atoms with Gasteiger partial charge >= 0.3 is 0 Å². The van der Waals surface area contributed by atoms with Gasteiger partial charge in [-0.1, -0.05) is 19.8 Å². The molecule has 1 atom stereocenters. The van der Waals surface area contributed by atoms with Gasteiger partial charge < -0.3 is 9.64 Å². The number of unbranched alkanes of at least 4 members (excludes halogenated alkanes) is 1. The maximum absolute atomic E-state index is 5.77. The molecular formula is C13H25NOS. The predicted octanol–water partition coefficient (Wildman–Crippen LogP) is 3.74. The van der Waals surface area contributed by atoms with Gasteiger partial charge in [0.2, 0.25) is 0 Å². The van der Waals surface area contributed by atoms with Gasteiger partial charge in [0, 0.05) is 12.1 Å². The minimum absolute atomic E-state index is 0.182. The average Bonchev–Trinajstić information content (AvgIpc) is 2.09. The van der Waals surface area contributed by atoms with Gasteiger partial charge in [0.05, 0.1) is 0 Å². The molecule has 1 saturated heterocycles. The second-order valence-electron chi connectivity index (χ2n) is 5.98. The van der Waals surface area contributed by atoms with Crippen LogP contribution in [-0.2, 0) is 4.74 Å². The van der Waals surface area contributed by atoms with Gasteiger partial charge in [-0.05, 0) is 52.8 Å². The van der Waals surface area contributed by atoms with Crippen molar-refractivity contribution >= 4 is 17.4 Å². The molecule has 0 saturated carbocycles. The number of nitrogens with zero attached hydrogens (tertiary/aromatic N) is 1. The second kappa shape index (κ2) is 4.91. The Morgan fingerprint density at radius 2 is 2.06 bits per heavy atom. The van der Waals surface area contributed by atoms with Gasteiger partial charge in [0.1, 0.15) is 5.60 Å². The van der Waals surface area contributed by atoms with Crippen molar-refractivity contribution in [3.63, 3.8) is 0 Å². The molecule has 1 aliphatic rings. The zero-order chi connectivity index (χ0) is 12.4. The lowest BCUT2D eigenvalue weighted by atomic mass is 9.82. The average molecular weight is 243 g/mol. The fraction of sp³-hybridized carbons (Fsp3) is 0.923. The smallest absolute Gasteiger partial charge is 0.260 e. The molecule has 2 nitrogen and oxygen atoms in total. The van der Waals surface area contributed by atoms with E-state index in [2.05, 4.69) is 18.7 Å². The zero-order valence-corrected chi connectivity index (χ0v) is 12.1. The van der Waals surface area contributed by atoms with E-state index < -0.39 is 0 Å². The topological polar surface area (TPSA) is 12.5 Å². The molecule has 0 aromatic rings. The van der Waals surface area contributed by atoms with E-state index in [0.29, 0.717) is 5.17 Å². The molecule has 3 heteroatoms. The minimum atomic E-state index is -0.182. The van der Waals surface area contributed by atoms with E-state index in [1.165, 1.54) is 25.7 Å². The molecule has 1 aliphatic heterocycles. The molecule has 94 valence electrons. The Kier molecular flexibility index (Phi) is 4.22. The summed E-state index contributed by atoms with van der Waals surface area (Å²) in [5.74, 6) is 0. The van der Waals surface area contributed by atoms with Gasteiger partial charge in [0.15, 0.2) is 0 Å². The van der Waals surface area contributed by atoms with E-state index in [-0.39, 0.29) is 11.1 Å². The van der Waals surface area contributed by atoms with Crippen molar-refractivity contribution in [1.29, 1.82) is 0 Å². The zero-order valence-electron chi connectivity index (χ0n) is 11.3. The van der Waals surface area contributed by atoms with Gasteiger partial charge in [-0.25, -0.2) is 0 Å². The molecule has 1 heterocycles. The molecule has 0 N–H and O–H groups in total. The normalized spacial score (nSPS) is 25.2. The maximum Gasteiger partial charge on any atom is 0.260 e. The van der Waals surface area contributed by atoms with Crippen LogP contribution in [0.5, 0.6) is 0 Å². The van der Waals surface area contributed by atoms with E-state index in [4.69, 9.17) is 17.0 Å². The monoisotopic (exact) mass is 243 g/mol. The van der Waals surface area contributed by atoms with Crippen molar-refractivity contribution in [2.75, 3.05) is 6.54 Å². The summed E-state index contributed by atoms with van der Waals surface area (Å²) in [4.78, 5) is 2.25. The number of likely N-dealkylation sites (tertiary alicyclic amines) is 1. The number of hydrogen-bond acceptors (Lipinski definition) is 2. The standard InChI is InChI=1S/C13H25NOS/c1-6-7-8-13(5)9-10-14(13)11(16)15-12(2,3)4/h6-10H2,1-5H3. The number of thiocarbonyl (C=S) groups is 1. The first kappa shape index (κ1) is 13.8. The number of ether oxygens (including phenoxy) is 1. The highest BCUT2D eigenvalue weighted by Gasteiger charge is 2.42. The molecule has 0 spiro atoms. The Balaban J connectivity index is 2.51. The first-order chi connectivity index (χ1) is 7.28. The Hall–Kier alpha value is -0.310. The Morgan fingerprint density at radius 3 is 2.44 bits per heavy atom. The Labute approximate surface area is 105 Å². The summed E-state index contributed by atoms with van der Waals surface area (Å²) in [6.07, 6.45) is 4.97. The predicted molar refractivity (Wildman–Crippen MR) is 72.7 cm³/mol. The molecule has 0 aromatic carbocycles. The maximum atomic E-state index is 5.77. The van der Waals surface area contributed by atoms with Crippen molar-refractivity contribution in [3.05, 3.63) is 0 Å². The lowest BCUT2D eigenvalue weighted by Gasteiger charge is -2.52. The highest BCUT2D eigenvalue weighted by molar-refractivity contribution is 7.80. The summed E-state index contributed by atoms with van der Waals surface area (Å²) in [6, 6.07) is 0. The van der Waals surface area contributed by atoms with Crippen molar-refractivity contribution in [2.45, 2.75) is 71.4 Å². The van der Waals surface area contributed by atoms with E-state index in [1.807, 2.05) is 20.8 Å². The van der Waals surface area contributed by atoms with Crippen LogP contribution in [0, 0.1) is 0 Å². The van der Waals surface area contributed by atoms with Crippen LogP contribution in [0.15, 0.2) is 0 Å². The molecule has 0 aromatic heterocycles. The van der Waals surface area contributed by atoms with Crippen LogP contribution in [-0.4, -0.2) is 27.8 Å². The largest absolute Gasteiger partial charge is 0.465 e. The van der Waals surface area contributed by atoms with E-state index in [1.54, 1.807) is 0 Å². The summed E-state index contributed by atoms with van der Waals surface area (Å²) < 4.78 is 5.77. The molecule has 0 aliphatic carbocycles. The van der Waals surface area contributed by atoms with Crippen molar-refractivity contribution < 1.29 is 4.74 Å². The number of hydrogen-bond donors (Lipinski definition) is 0. The lowest BCUT2D eigenvalue weighted by molar-refractivity contribution is 0.00935. The van der Waals surface area contributed by atoms with Gasteiger partial charge in [-0.15, -0.1) is 0 Å². The van der Waals surface area contributed by atoms with Crippen LogP contribution < -0.4 is 0 Å². The third kappa shape index (κ3) is 3.34. The first-order valence-corrected chi connectivity index (χ1v) is 6.70. The third-order valence-electron chi connectivity index (χ3n) is 3.21. The molecule has 1 fully saturated rings. The first-order valence-electron chi connectivity index (χ1n) is 6.29. The minimum Gasteiger partial charge on any atom is -0.465 e. The highest BCUT2D eigenvalue weighted by atomic mass is 32.1. The van der Waals surface area contributed by atoms with Crippen LogP contribution in [0.3, 0.4) is 0 Å². The summed E-state index contributed by atoms with van der Waals surface area (Å²) >= 11 is 5.38. The van der Waals surface area contributed by atoms with Crippen LogP contribution >= 0.6 is 12.2 Å². The van der Waals surface area contributed by atoms with Crippen LogP contribution in [0.25, 0.3) is 0 Å². The summed E-state index contributed by atoms with van der Waals surface area (Å²) in [7, 11) is 0. The molecule has 0 radical (unpaired) electrons. The second-order valence-corrected chi connectivity index (χ2v) is 6.33. The van der Waals surface area contributed by atoms with Crippen molar-refractivity contribution in [3.8, 4) is 0 Å². The highest BCUT2D eigenvalue weighted by Crippen LogP contribution is 2.36. The van der Waals surface area contributed by atoms with E-state index in [0.717, 1.165) is 6.54 Å². The molecule has 1 unspecified atom stereocenters. The van der Waals surface area contributed by atoms with Crippen LogP contribution in [0.1, 0.15) is 60.3 Å².